The lowest BCUT2D eigenvalue weighted by Crippen LogP contribution is -2.10. The Morgan fingerprint density at radius 1 is 1.29 bits per heavy atom. The molecule has 1 heterocycles. The first-order valence-electron chi connectivity index (χ1n) is 3.94. The molecule has 0 unspecified atom stereocenters. The van der Waals surface area contributed by atoms with E-state index in [9.17, 15) is 4.79 Å². The first-order valence-corrected chi connectivity index (χ1v) is 4.82. The quantitative estimate of drug-likeness (QED) is 0.803. The first-order chi connectivity index (χ1) is 6.77. The van der Waals surface area contributed by atoms with Crippen molar-refractivity contribution in [3.05, 3.63) is 35.3 Å². The number of benzene rings is 1. The predicted octanol–water partition coefficient (Wildman–Crippen LogP) is 1.30. The Hall–Kier alpha value is -1.75. The topological polar surface area (TPSA) is 68.9 Å². The molecule has 0 saturated carbocycles. The summed E-state index contributed by atoms with van der Waals surface area (Å²) in [5.74, 6) is -0.422. The Kier molecular flexibility index (Phi) is 2.24. The number of amides is 1. The van der Waals surface area contributed by atoms with Crippen LogP contribution in [0.3, 0.4) is 0 Å². The molecule has 14 heavy (non-hydrogen) atoms. The van der Waals surface area contributed by atoms with Gasteiger partial charge in [-0.3, -0.25) is 4.79 Å². The maximum absolute atomic E-state index is 10.8. The number of hydrogen-bond acceptors (Lipinski definition) is 4. The summed E-state index contributed by atoms with van der Waals surface area (Å²) in [6, 6.07) is 6.97. The fourth-order valence-corrected chi connectivity index (χ4v) is 1.64. The highest BCUT2D eigenvalue weighted by atomic mass is 32.1. The second-order valence-electron chi connectivity index (χ2n) is 2.69. The van der Waals surface area contributed by atoms with Crippen LogP contribution in [0.2, 0.25) is 0 Å². The lowest BCUT2D eigenvalue weighted by molar-refractivity contribution is 0.100. The van der Waals surface area contributed by atoms with Gasteiger partial charge < -0.3 is 5.73 Å². The average Bonchev–Trinajstić information content (AvgIpc) is 2.71. The van der Waals surface area contributed by atoms with E-state index in [2.05, 4.69) is 10.2 Å². The van der Waals surface area contributed by atoms with E-state index in [0.29, 0.717) is 5.56 Å². The third-order valence-corrected chi connectivity index (χ3v) is 2.52. The van der Waals surface area contributed by atoms with Gasteiger partial charge in [-0.1, -0.05) is 23.5 Å². The van der Waals surface area contributed by atoms with Crippen LogP contribution in [0.5, 0.6) is 0 Å². The number of carbonyl (C=O) groups is 1. The summed E-state index contributed by atoms with van der Waals surface area (Å²) >= 11 is 1.45. The molecule has 1 aromatic carbocycles. The van der Waals surface area contributed by atoms with Crippen molar-refractivity contribution in [2.75, 3.05) is 0 Å². The van der Waals surface area contributed by atoms with Crippen molar-refractivity contribution in [1.29, 1.82) is 0 Å². The van der Waals surface area contributed by atoms with Gasteiger partial charge >= 0.3 is 0 Å². The van der Waals surface area contributed by atoms with Crippen molar-refractivity contribution in [2.45, 2.75) is 0 Å². The molecule has 2 N–H and O–H groups in total. The minimum atomic E-state index is -0.422. The van der Waals surface area contributed by atoms with Crippen molar-refractivity contribution in [2.24, 2.45) is 5.73 Å². The maximum Gasteiger partial charge on any atom is 0.248 e. The number of primary amides is 1. The Morgan fingerprint density at radius 2 is 2.00 bits per heavy atom. The zero-order valence-electron chi connectivity index (χ0n) is 7.18. The molecular weight excluding hydrogens is 198 g/mol. The molecule has 0 bridgehead atoms. The lowest BCUT2D eigenvalue weighted by atomic mass is 10.1. The van der Waals surface area contributed by atoms with Gasteiger partial charge in [0.1, 0.15) is 10.5 Å². The van der Waals surface area contributed by atoms with E-state index in [1.54, 1.807) is 29.8 Å². The van der Waals surface area contributed by atoms with Gasteiger partial charge in [0.25, 0.3) is 0 Å². The van der Waals surface area contributed by atoms with Crippen LogP contribution in [-0.2, 0) is 0 Å². The largest absolute Gasteiger partial charge is 0.366 e. The number of hydrogen-bond donors (Lipinski definition) is 1. The highest BCUT2D eigenvalue weighted by molar-refractivity contribution is 7.12. The molecule has 0 saturated heterocycles. The van der Waals surface area contributed by atoms with Crippen LogP contribution in [0.4, 0.5) is 0 Å². The molecule has 70 valence electrons. The fourth-order valence-electron chi connectivity index (χ4n) is 1.08. The molecule has 0 aliphatic heterocycles. The summed E-state index contributed by atoms with van der Waals surface area (Å²) in [6.45, 7) is 0. The highest BCUT2D eigenvalue weighted by Crippen LogP contribution is 2.20. The third kappa shape index (κ3) is 1.62. The molecule has 1 amide bonds. The Balaban J connectivity index is 2.36. The van der Waals surface area contributed by atoms with E-state index in [4.69, 9.17) is 5.73 Å². The summed E-state index contributed by atoms with van der Waals surface area (Å²) in [5.41, 5.74) is 8.22. The minimum absolute atomic E-state index is 0.422. The molecule has 0 fully saturated rings. The van der Waals surface area contributed by atoms with Gasteiger partial charge in [-0.15, -0.1) is 10.2 Å². The lowest BCUT2D eigenvalue weighted by Gasteiger charge is -1.96. The smallest absolute Gasteiger partial charge is 0.248 e. The second-order valence-corrected chi connectivity index (χ2v) is 3.52. The molecule has 0 spiro atoms. The molecule has 2 aromatic rings. The predicted molar refractivity (Wildman–Crippen MR) is 53.9 cm³/mol. The van der Waals surface area contributed by atoms with Crippen LogP contribution in [0, 0.1) is 0 Å². The van der Waals surface area contributed by atoms with Gasteiger partial charge in [0.2, 0.25) is 5.91 Å². The van der Waals surface area contributed by atoms with Crippen LogP contribution >= 0.6 is 11.3 Å². The van der Waals surface area contributed by atoms with Crippen LogP contribution in [-0.4, -0.2) is 16.1 Å². The second kappa shape index (κ2) is 3.55. The molecule has 4 nitrogen and oxygen atoms in total. The van der Waals surface area contributed by atoms with Crippen molar-refractivity contribution in [3.63, 3.8) is 0 Å². The summed E-state index contributed by atoms with van der Waals surface area (Å²) in [7, 11) is 0. The number of rotatable bonds is 2. The molecular formula is C9H7N3OS. The standard InChI is InChI=1S/C9H7N3OS/c10-8(13)6-1-3-7(4-2-6)9-12-11-5-14-9/h1-5H,(H2,10,13). The van der Waals surface area contributed by atoms with Crippen molar-refractivity contribution >= 4 is 17.2 Å². The monoisotopic (exact) mass is 205 g/mol. The van der Waals surface area contributed by atoms with E-state index in [1.165, 1.54) is 11.3 Å². The number of nitrogens with zero attached hydrogens (tertiary/aromatic N) is 2. The summed E-state index contributed by atoms with van der Waals surface area (Å²) in [4.78, 5) is 10.8. The molecule has 2 rings (SSSR count). The van der Waals surface area contributed by atoms with Gasteiger partial charge in [0, 0.05) is 11.1 Å². The molecule has 0 aliphatic rings. The van der Waals surface area contributed by atoms with Crippen molar-refractivity contribution in [1.82, 2.24) is 10.2 Å². The van der Waals surface area contributed by atoms with Crippen LogP contribution in [0.1, 0.15) is 10.4 Å². The number of carbonyl (C=O) groups excluding carboxylic acids is 1. The van der Waals surface area contributed by atoms with Crippen LogP contribution in [0.25, 0.3) is 10.6 Å². The third-order valence-electron chi connectivity index (χ3n) is 1.78. The normalized spacial score (nSPS) is 10.0. The van der Waals surface area contributed by atoms with E-state index in [-0.39, 0.29) is 0 Å². The average molecular weight is 205 g/mol. The van der Waals surface area contributed by atoms with E-state index in [0.717, 1.165) is 10.6 Å². The molecule has 5 heteroatoms. The van der Waals surface area contributed by atoms with Gasteiger partial charge in [0.15, 0.2) is 0 Å². The number of aromatic nitrogens is 2. The Labute approximate surface area is 84.4 Å². The van der Waals surface area contributed by atoms with Gasteiger partial charge in [0.05, 0.1) is 0 Å². The summed E-state index contributed by atoms with van der Waals surface area (Å²) in [6.07, 6.45) is 0. The Bertz CT molecular complexity index is 436. The maximum atomic E-state index is 10.8. The Morgan fingerprint density at radius 3 is 2.50 bits per heavy atom. The van der Waals surface area contributed by atoms with E-state index < -0.39 is 5.91 Å². The van der Waals surface area contributed by atoms with Crippen LogP contribution < -0.4 is 5.73 Å². The number of nitrogens with two attached hydrogens (primary N) is 1. The zero-order chi connectivity index (χ0) is 9.97. The SMILES string of the molecule is NC(=O)c1ccc(-c2nncs2)cc1. The highest BCUT2D eigenvalue weighted by Gasteiger charge is 2.03. The van der Waals surface area contributed by atoms with Gasteiger partial charge in [-0.2, -0.15) is 0 Å². The fraction of sp³-hybridized carbons (Fsp3) is 0. The first kappa shape index (κ1) is 8.83. The minimum Gasteiger partial charge on any atom is -0.366 e. The summed E-state index contributed by atoms with van der Waals surface area (Å²) < 4.78 is 0. The van der Waals surface area contributed by atoms with Crippen molar-refractivity contribution < 1.29 is 4.79 Å². The van der Waals surface area contributed by atoms with Crippen molar-refractivity contribution in [3.8, 4) is 10.6 Å². The van der Waals surface area contributed by atoms with Gasteiger partial charge in [-0.25, -0.2) is 0 Å². The molecule has 0 aliphatic carbocycles. The van der Waals surface area contributed by atoms with E-state index in [1.807, 2.05) is 0 Å². The molecule has 0 atom stereocenters. The zero-order valence-corrected chi connectivity index (χ0v) is 7.99. The molecule has 0 radical (unpaired) electrons. The van der Waals surface area contributed by atoms with Crippen LogP contribution in [0.15, 0.2) is 29.8 Å². The molecule has 1 aromatic heterocycles. The van der Waals surface area contributed by atoms with Gasteiger partial charge in [-0.05, 0) is 12.1 Å². The summed E-state index contributed by atoms with van der Waals surface area (Å²) in [5, 5.41) is 8.48. The van der Waals surface area contributed by atoms with E-state index >= 15 is 0 Å².